The Morgan fingerprint density at radius 3 is 2.33 bits per heavy atom. The average Bonchev–Trinajstić information content (AvgIpc) is 1.84. The van der Waals surface area contributed by atoms with E-state index in [2.05, 4.69) is 0 Å². The summed E-state index contributed by atoms with van der Waals surface area (Å²) in [7, 11) is -4.12. The van der Waals surface area contributed by atoms with Crippen molar-refractivity contribution in [1.29, 1.82) is 0 Å². The van der Waals surface area contributed by atoms with E-state index in [-0.39, 0.29) is 5.78 Å². The minimum absolute atomic E-state index is 0.291. The summed E-state index contributed by atoms with van der Waals surface area (Å²) < 4.78 is 10.3. The number of carbonyl (C=O) groups excluding carboxylic acids is 1. The van der Waals surface area contributed by atoms with Gasteiger partial charge in [0.1, 0.15) is 11.9 Å². The summed E-state index contributed by atoms with van der Waals surface area (Å²) in [5.41, 5.74) is 0. The Balaban J connectivity index is 3.54. The maximum Gasteiger partial charge on any atom is 0.332 e. The quantitative estimate of drug-likeness (QED) is 0.493. The molecule has 0 aromatic rings. The summed E-state index contributed by atoms with van der Waals surface area (Å²) in [6.07, 6.45) is 2.36. The van der Waals surface area contributed by atoms with E-state index in [0.29, 0.717) is 6.42 Å². The summed E-state index contributed by atoms with van der Waals surface area (Å²) in [5, 5.41) is 0. The number of carbonyl (C=O) groups is 1. The van der Waals surface area contributed by atoms with E-state index in [4.69, 9.17) is 9.79 Å². The van der Waals surface area contributed by atoms with E-state index in [1.807, 2.05) is 6.92 Å². The lowest BCUT2D eigenvalue weighted by molar-refractivity contribution is -0.117. The molecule has 12 heavy (non-hydrogen) atoms. The highest BCUT2D eigenvalue weighted by molar-refractivity contribution is 7.52. The summed E-state index contributed by atoms with van der Waals surface area (Å²) in [6, 6.07) is 0. The minimum Gasteiger partial charge on any atom is -0.324 e. The van der Waals surface area contributed by atoms with Gasteiger partial charge in [-0.15, -0.1) is 0 Å². The van der Waals surface area contributed by atoms with Gasteiger partial charge in [-0.1, -0.05) is 19.8 Å². The number of ketones is 1. The molecule has 0 heterocycles. The van der Waals surface area contributed by atoms with Gasteiger partial charge < -0.3 is 9.79 Å². The first kappa shape index (κ1) is 11.8. The molecule has 0 amide bonds. The van der Waals surface area contributed by atoms with E-state index >= 15 is 0 Å². The van der Waals surface area contributed by atoms with Gasteiger partial charge in [0.2, 0.25) is 0 Å². The molecule has 0 saturated carbocycles. The molecule has 0 aliphatic heterocycles. The summed E-state index contributed by atoms with van der Waals surface area (Å²) in [6.45, 7) is 2.01. The first-order valence-electron chi connectivity index (χ1n) is 4.02. The summed E-state index contributed by atoms with van der Waals surface area (Å²) in [5.74, 6) is -0.336. The van der Waals surface area contributed by atoms with Crippen molar-refractivity contribution in [3.63, 3.8) is 0 Å². The third-order valence-electron chi connectivity index (χ3n) is 1.44. The Hall–Kier alpha value is -0.180. The largest absolute Gasteiger partial charge is 0.332 e. The van der Waals surface area contributed by atoms with Gasteiger partial charge >= 0.3 is 7.60 Å². The second-order valence-electron chi connectivity index (χ2n) is 2.82. The van der Waals surface area contributed by atoms with Gasteiger partial charge in [-0.05, 0) is 6.42 Å². The molecule has 2 N–H and O–H groups in total. The van der Waals surface area contributed by atoms with Crippen molar-refractivity contribution in [2.75, 3.05) is 6.16 Å². The van der Waals surface area contributed by atoms with Gasteiger partial charge in [-0.2, -0.15) is 0 Å². The van der Waals surface area contributed by atoms with Crippen LogP contribution in [0.1, 0.15) is 32.6 Å². The highest BCUT2D eigenvalue weighted by Gasteiger charge is 2.17. The summed E-state index contributed by atoms with van der Waals surface area (Å²) >= 11 is 0. The Morgan fingerprint density at radius 2 is 1.92 bits per heavy atom. The van der Waals surface area contributed by atoms with Crippen LogP contribution in [0.25, 0.3) is 0 Å². The highest BCUT2D eigenvalue weighted by atomic mass is 31.2. The third-order valence-corrected chi connectivity index (χ3v) is 2.21. The highest BCUT2D eigenvalue weighted by Crippen LogP contribution is 2.34. The molecule has 0 radical (unpaired) electrons. The molecule has 0 aromatic carbocycles. The SMILES string of the molecule is CCCCCC(=O)CP(=O)(O)O. The van der Waals surface area contributed by atoms with Crippen molar-refractivity contribution in [1.82, 2.24) is 0 Å². The lowest BCUT2D eigenvalue weighted by Crippen LogP contribution is -2.04. The Morgan fingerprint density at radius 1 is 1.33 bits per heavy atom. The molecule has 0 aromatic heterocycles. The molecule has 0 saturated heterocycles. The molecule has 0 aliphatic carbocycles. The number of rotatable bonds is 6. The van der Waals surface area contributed by atoms with Gasteiger partial charge in [0, 0.05) is 6.42 Å². The van der Waals surface area contributed by atoms with E-state index in [1.165, 1.54) is 0 Å². The molecule has 0 bridgehead atoms. The minimum atomic E-state index is -4.12. The van der Waals surface area contributed by atoms with Crippen LogP contribution in [-0.4, -0.2) is 21.7 Å². The fraction of sp³-hybridized carbons (Fsp3) is 0.857. The van der Waals surface area contributed by atoms with Crippen LogP contribution >= 0.6 is 7.60 Å². The van der Waals surface area contributed by atoms with Gasteiger partial charge in [0.25, 0.3) is 0 Å². The van der Waals surface area contributed by atoms with Crippen LogP contribution in [0.4, 0.5) is 0 Å². The molecule has 72 valence electrons. The van der Waals surface area contributed by atoms with Crippen LogP contribution < -0.4 is 0 Å². The smallest absolute Gasteiger partial charge is 0.324 e. The maximum atomic E-state index is 10.8. The van der Waals surface area contributed by atoms with E-state index in [1.54, 1.807) is 0 Å². The molecule has 0 fully saturated rings. The van der Waals surface area contributed by atoms with Crippen molar-refractivity contribution in [3.05, 3.63) is 0 Å². The van der Waals surface area contributed by atoms with Crippen LogP contribution in [0.3, 0.4) is 0 Å². The lowest BCUT2D eigenvalue weighted by Gasteiger charge is -2.01. The van der Waals surface area contributed by atoms with Crippen molar-refractivity contribution in [3.8, 4) is 0 Å². The Labute approximate surface area is 72.1 Å². The second-order valence-corrected chi connectivity index (χ2v) is 4.46. The van der Waals surface area contributed by atoms with Crippen molar-refractivity contribution in [2.24, 2.45) is 0 Å². The molecule has 4 nitrogen and oxygen atoms in total. The second kappa shape index (κ2) is 5.46. The van der Waals surface area contributed by atoms with E-state index < -0.39 is 13.8 Å². The van der Waals surface area contributed by atoms with Gasteiger partial charge in [0.15, 0.2) is 0 Å². The average molecular weight is 194 g/mol. The van der Waals surface area contributed by atoms with E-state index in [0.717, 1.165) is 19.3 Å². The fourth-order valence-electron chi connectivity index (χ4n) is 0.881. The molecule has 0 atom stereocenters. The fourth-order valence-corrected chi connectivity index (χ4v) is 1.50. The molecule has 0 unspecified atom stereocenters. The molecular formula is C7H15O4P. The normalized spacial score (nSPS) is 11.6. The zero-order chi connectivity index (χ0) is 9.61. The van der Waals surface area contributed by atoms with Crippen LogP contribution in [0.5, 0.6) is 0 Å². The lowest BCUT2D eigenvalue weighted by atomic mass is 10.2. The van der Waals surface area contributed by atoms with Crippen LogP contribution in [0.2, 0.25) is 0 Å². The predicted molar refractivity (Wildman–Crippen MR) is 46.1 cm³/mol. The zero-order valence-electron chi connectivity index (χ0n) is 7.19. The van der Waals surface area contributed by atoms with Gasteiger partial charge in [-0.3, -0.25) is 9.36 Å². The number of hydrogen-bond donors (Lipinski definition) is 2. The summed E-state index contributed by atoms with van der Waals surface area (Å²) in [4.78, 5) is 27.7. The Kier molecular flexibility index (Phi) is 5.38. The van der Waals surface area contributed by atoms with Crippen molar-refractivity contribution < 1.29 is 19.1 Å². The van der Waals surface area contributed by atoms with Crippen molar-refractivity contribution in [2.45, 2.75) is 32.6 Å². The maximum absolute atomic E-state index is 10.8. The number of unbranched alkanes of at least 4 members (excludes halogenated alkanes) is 2. The molecule has 0 spiro atoms. The van der Waals surface area contributed by atoms with E-state index in [9.17, 15) is 9.36 Å². The molecule has 0 aliphatic rings. The number of Topliss-reactive ketones (excluding diaryl/α,β-unsaturated/α-hetero) is 1. The monoisotopic (exact) mass is 194 g/mol. The standard InChI is InChI=1S/C7H15O4P/c1-2-3-4-5-7(8)6-12(9,10)11/h2-6H2,1H3,(H2,9,10,11). The van der Waals surface area contributed by atoms with Crippen LogP contribution in [-0.2, 0) is 9.36 Å². The first-order chi connectivity index (χ1) is 5.45. The number of hydrogen-bond acceptors (Lipinski definition) is 2. The van der Waals surface area contributed by atoms with Gasteiger partial charge in [-0.25, -0.2) is 0 Å². The van der Waals surface area contributed by atoms with Gasteiger partial charge in [0.05, 0.1) is 0 Å². The Bertz CT molecular complexity index is 184. The molecule has 5 heteroatoms. The molecular weight excluding hydrogens is 179 g/mol. The predicted octanol–water partition coefficient (Wildman–Crippen LogP) is 1.31. The van der Waals surface area contributed by atoms with Crippen LogP contribution in [0, 0.1) is 0 Å². The molecule has 0 rings (SSSR count). The van der Waals surface area contributed by atoms with Crippen LogP contribution in [0.15, 0.2) is 0 Å². The van der Waals surface area contributed by atoms with Crippen molar-refractivity contribution >= 4 is 13.4 Å². The third kappa shape index (κ3) is 7.92. The topological polar surface area (TPSA) is 74.6 Å². The zero-order valence-corrected chi connectivity index (χ0v) is 8.09. The first-order valence-corrected chi connectivity index (χ1v) is 5.81.